The monoisotopic (exact) mass is 147 g/mol. The molecular formula is C7H5N3O. The fraction of sp³-hybridized carbons (Fsp3) is 0. The molecule has 0 aromatic carbocycles. The van der Waals surface area contributed by atoms with Gasteiger partial charge in [-0.15, -0.1) is 5.10 Å². The minimum absolute atomic E-state index is 0.498. The molecule has 0 amide bonds. The summed E-state index contributed by atoms with van der Waals surface area (Å²) < 4.78 is 5.01. The van der Waals surface area contributed by atoms with E-state index >= 15 is 0 Å². The average molecular weight is 147 g/mol. The van der Waals surface area contributed by atoms with Gasteiger partial charge in [0, 0.05) is 6.20 Å². The SMILES string of the molecule is c1cnnc(-c2ncco2)c1. The van der Waals surface area contributed by atoms with Gasteiger partial charge in [0.1, 0.15) is 12.0 Å². The first-order valence-electron chi connectivity index (χ1n) is 3.14. The summed E-state index contributed by atoms with van der Waals surface area (Å²) >= 11 is 0. The Kier molecular flexibility index (Phi) is 1.37. The standard InChI is InChI=1S/C7H5N3O/c1-2-6(10-9-3-1)7-8-4-5-11-7/h1-5H. The zero-order valence-corrected chi connectivity index (χ0v) is 5.64. The summed E-state index contributed by atoms with van der Waals surface area (Å²) in [4.78, 5) is 3.92. The molecule has 4 nitrogen and oxygen atoms in total. The number of oxazole rings is 1. The highest BCUT2D eigenvalue weighted by molar-refractivity contribution is 5.44. The van der Waals surface area contributed by atoms with Gasteiger partial charge in [0.05, 0.1) is 6.20 Å². The predicted octanol–water partition coefficient (Wildman–Crippen LogP) is 1.13. The minimum Gasteiger partial charge on any atom is -0.443 e. The molecule has 0 aliphatic rings. The molecule has 4 heteroatoms. The largest absolute Gasteiger partial charge is 0.443 e. The van der Waals surface area contributed by atoms with Crippen LogP contribution in [0.15, 0.2) is 35.2 Å². The van der Waals surface area contributed by atoms with Crippen LogP contribution in [0.25, 0.3) is 11.6 Å². The zero-order valence-electron chi connectivity index (χ0n) is 5.64. The summed E-state index contributed by atoms with van der Waals surface area (Å²) in [5, 5.41) is 7.51. The Morgan fingerprint density at radius 2 is 2.27 bits per heavy atom. The molecule has 11 heavy (non-hydrogen) atoms. The first-order valence-corrected chi connectivity index (χ1v) is 3.14. The zero-order chi connectivity index (χ0) is 7.52. The van der Waals surface area contributed by atoms with E-state index in [2.05, 4.69) is 15.2 Å². The molecule has 0 aliphatic carbocycles. The van der Waals surface area contributed by atoms with E-state index in [9.17, 15) is 0 Å². The molecule has 0 radical (unpaired) electrons. The fourth-order valence-electron chi connectivity index (χ4n) is 0.766. The third kappa shape index (κ3) is 1.10. The van der Waals surface area contributed by atoms with Crippen molar-refractivity contribution in [1.82, 2.24) is 15.2 Å². The first kappa shape index (κ1) is 6.03. The van der Waals surface area contributed by atoms with E-state index in [1.54, 1.807) is 24.5 Å². The molecular weight excluding hydrogens is 142 g/mol. The lowest BCUT2D eigenvalue weighted by Gasteiger charge is -1.88. The van der Waals surface area contributed by atoms with E-state index in [-0.39, 0.29) is 0 Å². The topological polar surface area (TPSA) is 51.8 Å². The van der Waals surface area contributed by atoms with Gasteiger partial charge in [-0.3, -0.25) is 0 Å². The van der Waals surface area contributed by atoms with Gasteiger partial charge >= 0.3 is 0 Å². The van der Waals surface area contributed by atoms with E-state index in [1.807, 2.05) is 0 Å². The Balaban J connectivity index is 2.46. The molecule has 0 atom stereocenters. The van der Waals surface area contributed by atoms with Crippen LogP contribution >= 0.6 is 0 Å². The van der Waals surface area contributed by atoms with Crippen molar-refractivity contribution < 1.29 is 4.42 Å². The van der Waals surface area contributed by atoms with Gasteiger partial charge in [-0.2, -0.15) is 5.10 Å². The second kappa shape index (κ2) is 2.49. The molecule has 0 unspecified atom stereocenters. The molecule has 2 aromatic rings. The van der Waals surface area contributed by atoms with Crippen molar-refractivity contribution in [2.75, 3.05) is 0 Å². The summed E-state index contributed by atoms with van der Waals surface area (Å²) in [5.74, 6) is 0.498. The molecule has 0 saturated carbocycles. The third-order valence-corrected chi connectivity index (χ3v) is 1.22. The second-order valence-electron chi connectivity index (χ2n) is 1.95. The Morgan fingerprint density at radius 1 is 1.27 bits per heavy atom. The van der Waals surface area contributed by atoms with E-state index in [1.165, 1.54) is 6.26 Å². The van der Waals surface area contributed by atoms with Crippen LogP contribution in [0.3, 0.4) is 0 Å². The van der Waals surface area contributed by atoms with Gasteiger partial charge in [-0.25, -0.2) is 4.98 Å². The minimum atomic E-state index is 0.498. The molecule has 0 bridgehead atoms. The lowest BCUT2D eigenvalue weighted by Crippen LogP contribution is -1.84. The van der Waals surface area contributed by atoms with Crippen molar-refractivity contribution in [3.63, 3.8) is 0 Å². The summed E-state index contributed by atoms with van der Waals surface area (Å²) in [6.45, 7) is 0. The molecule has 2 rings (SSSR count). The van der Waals surface area contributed by atoms with Crippen molar-refractivity contribution in [3.05, 3.63) is 30.8 Å². The maximum Gasteiger partial charge on any atom is 0.246 e. The van der Waals surface area contributed by atoms with Crippen LogP contribution in [0.5, 0.6) is 0 Å². The van der Waals surface area contributed by atoms with Gasteiger partial charge in [-0.05, 0) is 12.1 Å². The van der Waals surface area contributed by atoms with Crippen molar-refractivity contribution >= 4 is 0 Å². The highest BCUT2D eigenvalue weighted by atomic mass is 16.3. The summed E-state index contributed by atoms with van der Waals surface area (Å²) in [6.07, 6.45) is 4.68. The third-order valence-electron chi connectivity index (χ3n) is 1.22. The molecule has 0 spiro atoms. The van der Waals surface area contributed by atoms with E-state index in [0.717, 1.165) is 0 Å². The van der Waals surface area contributed by atoms with Gasteiger partial charge < -0.3 is 4.42 Å². The molecule has 0 N–H and O–H groups in total. The van der Waals surface area contributed by atoms with Crippen LogP contribution < -0.4 is 0 Å². The Hall–Kier alpha value is -1.71. The summed E-state index contributed by atoms with van der Waals surface area (Å²) in [5.41, 5.74) is 0.650. The van der Waals surface area contributed by atoms with Gasteiger partial charge in [0.15, 0.2) is 0 Å². The highest BCUT2D eigenvalue weighted by Crippen LogP contribution is 2.10. The second-order valence-corrected chi connectivity index (χ2v) is 1.95. The normalized spacial score (nSPS) is 9.82. The van der Waals surface area contributed by atoms with Crippen LogP contribution in [-0.2, 0) is 0 Å². The number of aromatic nitrogens is 3. The van der Waals surface area contributed by atoms with Crippen LogP contribution in [-0.4, -0.2) is 15.2 Å². The quantitative estimate of drug-likeness (QED) is 0.606. The molecule has 0 aliphatic heterocycles. The van der Waals surface area contributed by atoms with Gasteiger partial charge in [0.2, 0.25) is 5.89 Å². The summed E-state index contributed by atoms with van der Waals surface area (Å²) in [6, 6.07) is 3.57. The summed E-state index contributed by atoms with van der Waals surface area (Å²) in [7, 11) is 0. The lowest BCUT2D eigenvalue weighted by atomic mass is 10.4. The Morgan fingerprint density at radius 3 is 2.91 bits per heavy atom. The lowest BCUT2D eigenvalue weighted by molar-refractivity contribution is 0.571. The Labute approximate surface area is 62.9 Å². The van der Waals surface area contributed by atoms with E-state index < -0.39 is 0 Å². The van der Waals surface area contributed by atoms with Crippen molar-refractivity contribution in [2.24, 2.45) is 0 Å². The predicted molar refractivity (Wildman–Crippen MR) is 37.5 cm³/mol. The smallest absolute Gasteiger partial charge is 0.246 e. The highest BCUT2D eigenvalue weighted by Gasteiger charge is 2.01. The maximum atomic E-state index is 5.01. The van der Waals surface area contributed by atoms with Crippen LogP contribution in [0, 0.1) is 0 Å². The molecule has 0 saturated heterocycles. The number of nitrogens with zero attached hydrogens (tertiary/aromatic N) is 3. The van der Waals surface area contributed by atoms with Gasteiger partial charge in [0.25, 0.3) is 0 Å². The van der Waals surface area contributed by atoms with Crippen LogP contribution in [0.2, 0.25) is 0 Å². The molecule has 2 aromatic heterocycles. The van der Waals surface area contributed by atoms with Crippen LogP contribution in [0.4, 0.5) is 0 Å². The molecule has 0 fully saturated rings. The Bertz CT molecular complexity index is 317. The maximum absolute atomic E-state index is 5.01. The number of rotatable bonds is 1. The van der Waals surface area contributed by atoms with E-state index in [0.29, 0.717) is 11.6 Å². The molecule has 54 valence electrons. The fourth-order valence-corrected chi connectivity index (χ4v) is 0.766. The number of hydrogen-bond acceptors (Lipinski definition) is 4. The van der Waals surface area contributed by atoms with Crippen molar-refractivity contribution in [1.29, 1.82) is 0 Å². The van der Waals surface area contributed by atoms with Gasteiger partial charge in [-0.1, -0.05) is 0 Å². The molecule has 2 heterocycles. The van der Waals surface area contributed by atoms with Crippen molar-refractivity contribution in [3.8, 4) is 11.6 Å². The first-order chi connectivity index (χ1) is 5.47. The van der Waals surface area contributed by atoms with Crippen molar-refractivity contribution in [2.45, 2.75) is 0 Å². The average Bonchev–Trinajstić information content (AvgIpc) is 2.58. The van der Waals surface area contributed by atoms with E-state index in [4.69, 9.17) is 4.42 Å². The number of hydrogen-bond donors (Lipinski definition) is 0. The van der Waals surface area contributed by atoms with Crippen LogP contribution in [0.1, 0.15) is 0 Å².